The first-order valence-electron chi connectivity index (χ1n) is 8.73. The Bertz CT molecular complexity index is 1150. The summed E-state index contributed by atoms with van der Waals surface area (Å²) < 4.78 is 106. The van der Waals surface area contributed by atoms with Gasteiger partial charge in [0.15, 0.2) is 17.5 Å². The standard InChI is InChI=1S/C18H15F6N3O3S/c1-9-7-10(18(22,23)24)8-14(25-9)27-13(5-6-31(27,29)30)17(28)26(2)12-4-3-11(19)15(20)16(12)21/h3-4,7-8,13H,5-6H2,1-2H3/t13-/m0/s1. The van der Waals surface area contributed by atoms with E-state index in [9.17, 15) is 39.6 Å². The molecule has 0 N–H and O–H groups in total. The maximum Gasteiger partial charge on any atom is 0.416 e. The van der Waals surface area contributed by atoms with Gasteiger partial charge in [0.2, 0.25) is 10.0 Å². The van der Waals surface area contributed by atoms with Crippen LogP contribution in [0.3, 0.4) is 0 Å². The van der Waals surface area contributed by atoms with E-state index in [0.717, 1.165) is 13.1 Å². The molecule has 0 aliphatic carbocycles. The van der Waals surface area contributed by atoms with E-state index in [2.05, 4.69) is 4.98 Å². The molecule has 6 nitrogen and oxygen atoms in total. The van der Waals surface area contributed by atoms with Gasteiger partial charge in [0.05, 0.1) is 17.0 Å². The highest BCUT2D eigenvalue weighted by molar-refractivity contribution is 7.93. The van der Waals surface area contributed by atoms with Gasteiger partial charge in [-0.1, -0.05) is 0 Å². The maximum atomic E-state index is 14.1. The Labute approximate surface area is 173 Å². The third-order valence-electron chi connectivity index (χ3n) is 4.72. The first-order valence-corrected chi connectivity index (χ1v) is 10.3. The van der Waals surface area contributed by atoms with Gasteiger partial charge < -0.3 is 4.90 Å². The lowest BCUT2D eigenvalue weighted by Gasteiger charge is -2.28. The zero-order valence-electron chi connectivity index (χ0n) is 16.0. The van der Waals surface area contributed by atoms with E-state index in [4.69, 9.17) is 0 Å². The molecule has 1 atom stereocenters. The van der Waals surface area contributed by atoms with Crippen molar-refractivity contribution in [1.29, 1.82) is 0 Å². The minimum Gasteiger partial charge on any atom is -0.311 e. The van der Waals surface area contributed by atoms with Crippen LogP contribution in [-0.2, 0) is 21.0 Å². The fraction of sp³-hybridized carbons (Fsp3) is 0.333. The summed E-state index contributed by atoms with van der Waals surface area (Å²) >= 11 is 0. The SMILES string of the molecule is Cc1cc(C(F)(F)F)cc(N2[C@H](C(=O)N(C)c3ccc(F)c(F)c3F)CCS2(=O)=O)n1. The fourth-order valence-electron chi connectivity index (χ4n) is 3.24. The first-order chi connectivity index (χ1) is 14.2. The van der Waals surface area contributed by atoms with Crippen LogP contribution in [0.1, 0.15) is 17.7 Å². The summed E-state index contributed by atoms with van der Waals surface area (Å²) in [7, 11) is -3.22. The Hall–Kier alpha value is -2.83. The summed E-state index contributed by atoms with van der Waals surface area (Å²) in [6.45, 7) is 1.22. The number of aryl methyl sites for hydroxylation is 1. The van der Waals surface area contributed by atoms with E-state index in [0.29, 0.717) is 27.4 Å². The number of anilines is 2. The van der Waals surface area contributed by atoms with Crippen LogP contribution in [0, 0.1) is 24.4 Å². The predicted molar refractivity (Wildman–Crippen MR) is 98.4 cm³/mol. The Morgan fingerprint density at radius 2 is 1.81 bits per heavy atom. The van der Waals surface area contributed by atoms with Crippen LogP contribution in [0.5, 0.6) is 0 Å². The zero-order chi connectivity index (χ0) is 23.3. The number of carbonyl (C=O) groups excluding carboxylic acids is 1. The number of likely N-dealkylation sites (N-methyl/N-ethyl adjacent to an activating group) is 1. The van der Waals surface area contributed by atoms with Crippen molar-refractivity contribution >= 4 is 27.4 Å². The van der Waals surface area contributed by atoms with Gasteiger partial charge in [-0.15, -0.1) is 0 Å². The van der Waals surface area contributed by atoms with E-state index < -0.39 is 68.4 Å². The molecule has 2 heterocycles. The second kappa shape index (κ2) is 7.70. The molecule has 0 spiro atoms. The van der Waals surface area contributed by atoms with Gasteiger partial charge in [-0.05, 0) is 37.6 Å². The molecule has 1 fully saturated rings. The third kappa shape index (κ3) is 4.18. The molecular formula is C18H15F6N3O3S. The number of sulfonamides is 1. The topological polar surface area (TPSA) is 70.6 Å². The lowest BCUT2D eigenvalue weighted by atomic mass is 10.1. The van der Waals surface area contributed by atoms with Crippen LogP contribution in [0.4, 0.5) is 37.8 Å². The van der Waals surface area contributed by atoms with E-state index in [1.807, 2.05) is 0 Å². The van der Waals surface area contributed by atoms with E-state index in [1.165, 1.54) is 6.92 Å². The minimum absolute atomic E-state index is 0.141. The second-order valence-electron chi connectivity index (χ2n) is 6.86. The lowest BCUT2D eigenvalue weighted by molar-refractivity contribution is -0.137. The largest absolute Gasteiger partial charge is 0.416 e. The molecule has 1 aromatic carbocycles. The average Bonchev–Trinajstić information content (AvgIpc) is 2.99. The number of nitrogens with zero attached hydrogens (tertiary/aromatic N) is 3. The van der Waals surface area contributed by atoms with Gasteiger partial charge in [-0.3, -0.25) is 4.79 Å². The Kier molecular flexibility index (Phi) is 5.67. The number of hydrogen-bond donors (Lipinski definition) is 0. The molecule has 1 aromatic heterocycles. The molecule has 2 aromatic rings. The normalized spacial score (nSPS) is 18.3. The van der Waals surface area contributed by atoms with Crippen LogP contribution in [-0.4, -0.2) is 38.2 Å². The summed E-state index contributed by atoms with van der Waals surface area (Å²) in [5.41, 5.74) is -1.97. The van der Waals surface area contributed by atoms with Gasteiger partial charge in [-0.25, -0.2) is 30.9 Å². The highest BCUT2D eigenvalue weighted by Crippen LogP contribution is 2.35. The second-order valence-corrected chi connectivity index (χ2v) is 8.83. The monoisotopic (exact) mass is 467 g/mol. The van der Waals surface area contributed by atoms with E-state index >= 15 is 0 Å². The Morgan fingerprint density at radius 3 is 2.42 bits per heavy atom. The highest BCUT2D eigenvalue weighted by atomic mass is 32.2. The number of benzene rings is 1. The fourth-order valence-corrected chi connectivity index (χ4v) is 4.92. The van der Waals surface area contributed by atoms with Crippen molar-refractivity contribution in [2.24, 2.45) is 0 Å². The molecule has 0 radical (unpaired) electrons. The van der Waals surface area contributed by atoms with Crippen molar-refractivity contribution in [2.45, 2.75) is 25.6 Å². The first kappa shape index (κ1) is 22.8. The molecule has 168 valence electrons. The van der Waals surface area contributed by atoms with Crippen LogP contribution in [0.15, 0.2) is 24.3 Å². The Balaban J connectivity index is 2.05. The van der Waals surface area contributed by atoms with E-state index in [1.54, 1.807) is 0 Å². The number of hydrogen-bond acceptors (Lipinski definition) is 4. The zero-order valence-corrected chi connectivity index (χ0v) is 16.9. The number of rotatable bonds is 3. The van der Waals surface area contributed by atoms with Gasteiger partial charge in [0.1, 0.15) is 11.9 Å². The van der Waals surface area contributed by atoms with Gasteiger partial charge in [-0.2, -0.15) is 13.2 Å². The van der Waals surface area contributed by atoms with Crippen molar-refractivity contribution < 1.29 is 39.6 Å². The molecule has 1 amide bonds. The summed E-state index contributed by atoms with van der Waals surface area (Å²) in [4.78, 5) is 17.3. The minimum atomic E-state index is -4.79. The maximum absolute atomic E-state index is 14.1. The van der Waals surface area contributed by atoms with Gasteiger partial charge >= 0.3 is 6.18 Å². The molecular weight excluding hydrogens is 452 g/mol. The number of carbonyl (C=O) groups is 1. The summed E-state index contributed by atoms with van der Waals surface area (Å²) in [5, 5.41) is 0. The molecule has 0 saturated carbocycles. The van der Waals surface area contributed by atoms with E-state index in [-0.39, 0.29) is 12.1 Å². The molecule has 1 aliphatic rings. The lowest BCUT2D eigenvalue weighted by Crippen LogP contribution is -2.46. The van der Waals surface area contributed by atoms with Crippen molar-refractivity contribution in [3.05, 3.63) is 53.0 Å². The van der Waals surface area contributed by atoms with Crippen molar-refractivity contribution in [1.82, 2.24) is 4.98 Å². The van der Waals surface area contributed by atoms with Crippen molar-refractivity contribution in [3.63, 3.8) is 0 Å². The smallest absolute Gasteiger partial charge is 0.311 e. The molecule has 1 aliphatic heterocycles. The van der Waals surface area contributed by atoms with Gasteiger partial charge in [0.25, 0.3) is 5.91 Å². The quantitative estimate of drug-likeness (QED) is 0.513. The van der Waals surface area contributed by atoms with Crippen LogP contribution in [0.25, 0.3) is 0 Å². The highest BCUT2D eigenvalue weighted by Gasteiger charge is 2.45. The molecule has 0 bridgehead atoms. The summed E-state index contributed by atoms with van der Waals surface area (Å²) in [6, 6.07) is 1.02. The molecule has 13 heteroatoms. The number of amides is 1. The average molecular weight is 467 g/mol. The Morgan fingerprint density at radius 1 is 1.16 bits per heavy atom. The predicted octanol–water partition coefficient (Wildman–Crippen LogP) is 3.40. The van der Waals surface area contributed by atoms with Crippen LogP contribution < -0.4 is 9.21 Å². The molecule has 0 unspecified atom stereocenters. The van der Waals surface area contributed by atoms with Crippen LogP contribution >= 0.6 is 0 Å². The third-order valence-corrected chi connectivity index (χ3v) is 6.51. The van der Waals surface area contributed by atoms with Gasteiger partial charge in [0, 0.05) is 12.7 Å². The number of aromatic nitrogens is 1. The summed E-state index contributed by atoms with van der Waals surface area (Å²) in [5.74, 6) is -7.24. The van der Waals surface area contributed by atoms with Crippen LogP contribution in [0.2, 0.25) is 0 Å². The number of halogens is 6. The molecule has 1 saturated heterocycles. The molecule has 3 rings (SSSR count). The number of alkyl halides is 3. The van der Waals surface area contributed by atoms with Crippen molar-refractivity contribution in [2.75, 3.05) is 22.0 Å². The van der Waals surface area contributed by atoms with Crippen molar-refractivity contribution in [3.8, 4) is 0 Å². The summed E-state index contributed by atoms with van der Waals surface area (Å²) in [6.07, 6.45) is -5.12. The molecule has 31 heavy (non-hydrogen) atoms. The number of pyridine rings is 1.